The number of nitrogens with one attached hydrogen (secondary N) is 2. The zero-order valence-electron chi connectivity index (χ0n) is 23.5. The predicted octanol–water partition coefficient (Wildman–Crippen LogP) is 8.62. The number of pyridine rings is 1. The molecule has 5 nitrogen and oxygen atoms in total. The van der Waals surface area contributed by atoms with E-state index in [1.54, 1.807) is 0 Å². The van der Waals surface area contributed by atoms with Gasteiger partial charge in [0.05, 0.1) is 11.2 Å². The summed E-state index contributed by atoms with van der Waals surface area (Å²) in [6.45, 7) is 6.67. The highest BCUT2D eigenvalue weighted by atomic mass is 35.5. The lowest BCUT2D eigenvalue weighted by Gasteiger charge is -2.34. The molecule has 1 aliphatic rings. The molecule has 4 rings (SSSR count). The summed E-state index contributed by atoms with van der Waals surface area (Å²) in [7, 11) is 2.26. The van der Waals surface area contributed by atoms with Crippen molar-refractivity contribution in [2.75, 3.05) is 38.5 Å². The van der Waals surface area contributed by atoms with Gasteiger partial charge in [0.1, 0.15) is 0 Å². The minimum Gasteiger partial charge on any atom is -0.384 e. The molecule has 39 heavy (non-hydrogen) atoms. The first-order valence-corrected chi connectivity index (χ1v) is 15.2. The van der Waals surface area contributed by atoms with Crippen LogP contribution in [0, 0.1) is 0 Å². The molecule has 1 aromatic heterocycles. The molecule has 210 valence electrons. The number of hydrogen-bond donors (Lipinski definition) is 2. The lowest BCUT2D eigenvalue weighted by molar-refractivity contribution is 0.313. The number of benzene rings is 2. The topological polar surface area (TPSA) is 52.5 Å². The van der Waals surface area contributed by atoms with Crippen LogP contribution in [0.1, 0.15) is 70.3 Å². The van der Waals surface area contributed by atoms with Gasteiger partial charge in [-0.1, -0.05) is 55.0 Å². The van der Waals surface area contributed by atoms with E-state index in [9.17, 15) is 0 Å². The maximum absolute atomic E-state index is 6.15. The van der Waals surface area contributed by atoms with Crippen molar-refractivity contribution in [2.24, 2.45) is 4.99 Å². The smallest absolute Gasteiger partial charge is 0.0737 e. The van der Waals surface area contributed by atoms with E-state index < -0.39 is 0 Å². The Hall–Kier alpha value is -2.18. The minimum absolute atomic E-state index is 0.0554. The lowest BCUT2D eigenvalue weighted by Crippen LogP contribution is -2.41. The predicted molar refractivity (Wildman–Crippen MR) is 169 cm³/mol. The van der Waals surface area contributed by atoms with Crippen molar-refractivity contribution in [3.8, 4) is 0 Å². The van der Waals surface area contributed by atoms with Gasteiger partial charge in [-0.25, -0.2) is 0 Å². The Morgan fingerprint density at radius 1 is 0.846 bits per heavy atom. The van der Waals surface area contributed by atoms with E-state index in [1.807, 2.05) is 48.8 Å². The van der Waals surface area contributed by atoms with Crippen molar-refractivity contribution in [3.63, 3.8) is 0 Å². The van der Waals surface area contributed by atoms with Crippen LogP contribution in [0.4, 0.5) is 11.4 Å². The lowest BCUT2D eigenvalue weighted by atomic mass is 9.86. The van der Waals surface area contributed by atoms with Crippen molar-refractivity contribution in [2.45, 2.75) is 70.3 Å². The zero-order valence-corrected chi connectivity index (χ0v) is 25.0. The Bertz CT molecular complexity index is 1230. The molecule has 0 radical (unpaired) electrons. The molecule has 2 N–H and O–H groups in total. The Labute approximate surface area is 244 Å². The summed E-state index contributed by atoms with van der Waals surface area (Å²) in [4.78, 5) is 11.4. The number of nitrogens with zero attached hydrogens (tertiary/aromatic N) is 3. The Morgan fingerprint density at radius 2 is 1.54 bits per heavy atom. The van der Waals surface area contributed by atoms with Gasteiger partial charge in [0.2, 0.25) is 0 Å². The third kappa shape index (κ3) is 8.91. The average molecular weight is 569 g/mol. The van der Waals surface area contributed by atoms with Crippen LogP contribution in [0.25, 0.3) is 10.9 Å². The van der Waals surface area contributed by atoms with Gasteiger partial charge in [0, 0.05) is 52.0 Å². The van der Waals surface area contributed by atoms with E-state index in [2.05, 4.69) is 45.5 Å². The standard InChI is InChI=1S/C32H43Cl2N5/c1-32(16-20-37-31-24-26(34)12-14-28(31)32)38-18-8-4-6-10-22-39(2)21-9-5-3-7-17-35-29-15-19-36-30-23-25(33)11-13-27(29)30/h11-15,19-20,23-24,38H,3-10,16-18,21-22H2,1-2H3,(H,35,36). The largest absolute Gasteiger partial charge is 0.384 e. The molecule has 1 aliphatic heterocycles. The third-order valence-corrected chi connectivity index (χ3v) is 8.22. The quantitative estimate of drug-likeness (QED) is 0.170. The van der Waals surface area contributed by atoms with Crippen LogP contribution in [-0.4, -0.2) is 49.3 Å². The molecule has 0 amide bonds. The molecule has 0 spiro atoms. The van der Waals surface area contributed by atoms with E-state index in [0.29, 0.717) is 0 Å². The highest BCUT2D eigenvalue weighted by Crippen LogP contribution is 2.37. The average Bonchev–Trinajstić information content (AvgIpc) is 2.91. The first-order chi connectivity index (χ1) is 18.9. The number of anilines is 1. The second-order valence-corrected chi connectivity index (χ2v) is 11.9. The number of aliphatic imine (C=N–C) groups is 1. The highest BCUT2D eigenvalue weighted by molar-refractivity contribution is 6.31. The first-order valence-electron chi connectivity index (χ1n) is 14.5. The summed E-state index contributed by atoms with van der Waals surface area (Å²) < 4.78 is 0. The molecule has 0 saturated carbocycles. The number of hydrogen-bond acceptors (Lipinski definition) is 5. The van der Waals surface area contributed by atoms with Crippen LogP contribution < -0.4 is 10.6 Å². The number of unbranched alkanes of at least 4 members (excludes halogenated alkanes) is 6. The fraction of sp³-hybridized carbons (Fsp3) is 0.500. The zero-order chi connectivity index (χ0) is 27.5. The maximum Gasteiger partial charge on any atom is 0.0737 e. The van der Waals surface area contributed by atoms with Crippen LogP contribution in [0.15, 0.2) is 53.7 Å². The fourth-order valence-electron chi connectivity index (χ4n) is 5.38. The molecule has 0 aliphatic carbocycles. The van der Waals surface area contributed by atoms with Crippen molar-refractivity contribution in [1.82, 2.24) is 15.2 Å². The first kappa shape index (κ1) is 29.8. The Morgan fingerprint density at radius 3 is 2.33 bits per heavy atom. The molecule has 7 heteroatoms. The summed E-state index contributed by atoms with van der Waals surface area (Å²) in [6.07, 6.45) is 14.8. The molecule has 2 heterocycles. The normalized spacial score (nSPS) is 16.6. The van der Waals surface area contributed by atoms with Crippen LogP contribution in [0.3, 0.4) is 0 Å². The van der Waals surface area contributed by atoms with E-state index >= 15 is 0 Å². The van der Waals surface area contributed by atoms with Crippen LogP contribution in [0.5, 0.6) is 0 Å². The van der Waals surface area contributed by atoms with Crippen LogP contribution in [0.2, 0.25) is 10.0 Å². The fourth-order valence-corrected chi connectivity index (χ4v) is 5.71. The van der Waals surface area contributed by atoms with E-state index in [-0.39, 0.29) is 5.54 Å². The summed E-state index contributed by atoms with van der Waals surface area (Å²) in [5.41, 5.74) is 4.27. The summed E-state index contributed by atoms with van der Waals surface area (Å²) >= 11 is 12.2. The monoisotopic (exact) mass is 567 g/mol. The van der Waals surface area contributed by atoms with Crippen molar-refractivity contribution in [1.29, 1.82) is 0 Å². The molecule has 0 bridgehead atoms. The molecule has 0 saturated heterocycles. The molecular weight excluding hydrogens is 525 g/mol. The van der Waals surface area contributed by atoms with E-state index in [0.717, 1.165) is 51.8 Å². The van der Waals surface area contributed by atoms with Gasteiger partial charge in [0.25, 0.3) is 0 Å². The van der Waals surface area contributed by atoms with Gasteiger partial charge in [-0.3, -0.25) is 9.98 Å². The van der Waals surface area contributed by atoms with Gasteiger partial charge in [-0.2, -0.15) is 0 Å². The van der Waals surface area contributed by atoms with Crippen LogP contribution >= 0.6 is 23.2 Å². The van der Waals surface area contributed by atoms with Crippen molar-refractivity contribution >= 4 is 51.7 Å². The van der Waals surface area contributed by atoms with Gasteiger partial charge in [0.15, 0.2) is 0 Å². The molecular formula is C32H43Cl2N5. The van der Waals surface area contributed by atoms with Gasteiger partial charge in [-0.05, 0) is 101 Å². The van der Waals surface area contributed by atoms with E-state index in [4.69, 9.17) is 23.2 Å². The molecule has 1 unspecified atom stereocenters. The summed E-state index contributed by atoms with van der Waals surface area (Å²) in [5.74, 6) is 0. The third-order valence-electron chi connectivity index (χ3n) is 7.75. The molecule has 2 aromatic carbocycles. The van der Waals surface area contributed by atoms with Gasteiger partial charge in [-0.15, -0.1) is 0 Å². The Balaban J connectivity index is 0.999. The number of fused-ring (bicyclic) bond motifs is 2. The van der Waals surface area contributed by atoms with E-state index in [1.165, 1.54) is 70.0 Å². The number of halogens is 2. The van der Waals surface area contributed by atoms with Crippen molar-refractivity contribution < 1.29 is 0 Å². The SMILES string of the molecule is CN(CCCCCCNc1ccnc2cc(Cl)ccc12)CCCCCCNC1(C)CC=Nc2cc(Cl)ccc21. The summed E-state index contributed by atoms with van der Waals surface area (Å²) in [6, 6.07) is 14.0. The minimum atomic E-state index is -0.0554. The van der Waals surface area contributed by atoms with Crippen molar-refractivity contribution in [3.05, 3.63) is 64.3 Å². The maximum atomic E-state index is 6.15. The molecule has 1 atom stereocenters. The van der Waals surface area contributed by atoms with Gasteiger partial charge < -0.3 is 15.5 Å². The second-order valence-electron chi connectivity index (χ2n) is 11.0. The highest BCUT2D eigenvalue weighted by Gasteiger charge is 2.29. The number of aromatic nitrogens is 1. The molecule has 0 fully saturated rings. The second kappa shape index (κ2) is 15.0. The number of rotatable bonds is 16. The Kier molecular flexibility index (Phi) is 11.5. The van der Waals surface area contributed by atoms with Gasteiger partial charge >= 0.3 is 0 Å². The molecule has 3 aromatic rings. The summed E-state index contributed by atoms with van der Waals surface area (Å²) in [5, 5.41) is 9.96. The van der Waals surface area contributed by atoms with Crippen LogP contribution in [-0.2, 0) is 5.54 Å².